The summed E-state index contributed by atoms with van der Waals surface area (Å²) in [6.45, 7) is 0.615. The summed E-state index contributed by atoms with van der Waals surface area (Å²) in [5.41, 5.74) is 7.25. The molecule has 4 aromatic carbocycles. The molecule has 0 bridgehead atoms. The van der Waals surface area contributed by atoms with E-state index in [-0.39, 0.29) is 6.42 Å². The van der Waals surface area contributed by atoms with Crippen LogP contribution in [0.5, 0.6) is 0 Å². The number of hydrogen-bond donors (Lipinski definition) is 2. The molecule has 0 atom stereocenters. The highest BCUT2D eigenvalue weighted by Crippen LogP contribution is 2.38. The fourth-order valence-electron chi connectivity index (χ4n) is 4.12. The fourth-order valence-corrected chi connectivity index (χ4v) is 4.34. The number of hydrogen-bond acceptors (Lipinski definition) is 4. The van der Waals surface area contributed by atoms with Gasteiger partial charge in [0.25, 0.3) is 0 Å². The Morgan fingerprint density at radius 1 is 0.800 bits per heavy atom. The van der Waals surface area contributed by atoms with E-state index in [1.54, 1.807) is 0 Å². The lowest BCUT2D eigenvalue weighted by Crippen LogP contribution is -2.02. The van der Waals surface area contributed by atoms with Crippen molar-refractivity contribution in [1.82, 2.24) is 10.2 Å². The first-order valence-electron chi connectivity index (χ1n) is 11.2. The summed E-state index contributed by atoms with van der Waals surface area (Å²) in [4.78, 5) is 10.9. The smallest absolute Gasteiger partial charge is 0.307 e. The van der Waals surface area contributed by atoms with Crippen LogP contribution in [0.4, 0.5) is 5.69 Å². The number of nitrogens with zero attached hydrogens (tertiary/aromatic N) is 2. The summed E-state index contributed by atoms with van der Waals surface area (Å²) in [6.07, 6.45) is 0.0252. The number of anilines is 1. The number of aliphatic carboxylic acids is 1. The third-order valence-corrected chi connectivity index (χ3v) is 6.12. The highest BCUT2D eigenvalue weighted by molar-refractivity contribution is 6.35. The van der Waals surface area contributed by atoms with Gasteiger partial charge in [-0.15, -0.1) is 10.2 Å². The van der Waals surface area contributed by atoms with Gasteiger partial charge in [0.05, 0.1) is 11.4 Å². The molecular formula is C29H22ClN3O2. The number of aromatic nitrogens is 2. The number of carboxylic acid groups (broad SMARTS) is 1. The second kappa shape index (κ2) is 9.95. The Labute approximate surface area is 208 Å². The van der Waals surface area contributed by atoms with Crippen molar-refractivity contribution >= 4 is 34.2 Å². The number of nitrogens with one attached hydrogen (secondary N) is 1. The van der Waals surface area contributed by atoms with Gasteiger partial charge in [-0.1, -0.05) is 90.5 Å². The Morgan fingerprint density at radius 2 is 1.51 bits per heavy atom. The maximum Gasteiger partial charge on any atom is 0.307 e. The van der Waals surface area contributed by atoms with E-state index in [2.05, 4.69) is 27.6 Å². The van der Waals surface area contributed by atoms with Gasteiger partial charge < -0.3 is 10.4 Å². The van der Waals surface area contributed by atoms with Crippen molar-refractivity contribution in [3.05, 3.63) is 113 Å². The predicted molar refractivity (Wildman–Crippen MR) is 141 cm³/mol. The molecule has 5 rings (SSSR count). The van der Waals surface area contributed by atoms with Gasteiger partial charge in [0.2, 0.25) is 0 Å². The average Bonchev–Trinajstić information content (AvgIpc) is 2.88. The lowest BCUT2D eigenvalue weighted by Gasteiger charge is -2.14. The van der Waals surface area contributed by atoms with Gasteiger partial charge in [-0.3, -0.25) is 4.79 Å². The number of carboxylic acids is 1. The van der Waals surface area contributed by atoms with Gasteiger partial charge in [-0.05, 0) is 34.9 Å². The fraction of sp³-hybridized carbons (Fsp3) is 0.0690. The van der Waals surface area contributed by atoms with Gasteiger partial charge in [-0.2, -0.15) is 0 Å². The van der Waals surface area contributed by atoms with Crippen LogP contribution in [-0.2, 0) is 17.8 Å². The maximum atomic E-state index is 10.9. The summed E-state index contributed by atoms with van der Waals surface area (Å²) >= 11 is 6.46. The zero-order valence-corrected chi connectivity index (χ0v) is 19.5. The summed E-state index contributed by atoms with van der Waals surface area (Å²) in [7, 11) is 0. The first kappa shape index (κ1) is 22.6. The van der Waals surface area contributed by atoms with E-state index < -0.39 is 5.97 Å². The van der Waals surface area contributed by atoms with Crippen molar-refractivity contribution in [2.75, 3.05) is 5.32 Å². The highest BCUT2D eigenvalue weighted by atomic mass is 35.5. The minimum Gasteiger partial charge on any atom is -0.481 e. The van der Waals surface area contributed by atoms with Crippen molar-refractivity contribution in [2.24, 2.45) is 0 Å². The van der Waals surface area contributed by atoms with Crippen LogP contribution in [0.2, 0.25) is 5.02 Å². The molecule has 2 N–H and O–H groups in total. The van der Waals surface area contributed by atoms with E-state index in [0.717, 1.165) is 44.6 Å². The number of halogens is 1. The normalized spacial score (nSPS) is 10.9. The van der Waals surface area contributed by atoms with Crippen LogP contribution in [0.15, 0.2) is 97.1 Å². The van der Waals surface area contributed by atoms with Gasteiger partial charge >= 0.3 is 5.97 Å². The first-order chi connectivity index (χ1) is 17.1. The number of benzene rings is 4. The molecule has 0 saturated heterocycles. The van der Waals surface area contributed by atoms with Crippen molar-refractivity contribution in [2.45, 2.75) is 13.0 Å². The molecule has 0 saturated carbocycles. The highest BCUT2D eigenvalue weighted by Gasteiger charge is 2.16. The molecule has 1 heterocycles. The molecule has 0 aliphatic carbocycles. The van der Waals surface area contributed by atoms with Gasteiger partial charge in [-0.25, -0.2) is 0 Å². The average molecular weight is 480 g/mol. The Hall–Kier alpha value is -4.22. The predicted octanol–water partition coefficient (Wildman–Crippen LogP) is 6.86. The molecule has 1 aromatic heterocycles. The van der Waals surface area contributed by atoms with Crippen molar-refractivity contribution < 1.29 is 9.90 Å². The number of carbonyl (C=O) groups is 1. The molecule has 0 radical (unpaired) electrons. The minimum atomic E-state index is -0.832. The Bertz CT molecular complexity index is 1500. The third-order valence-electron chi connectivity index (χ3n) is 5.82. The summed E-state index contributed by atoms with van der Waals surface area (Å²) in [5, 5.41) is 22.9. The van der Waals surface area contributed by atoms with E-state index >= 15 is 0 Å². The molecule has 0 aliphatic rings. The van der Waals surface area contributed by atoms with Crippen LogP contribution in [0.25, 0.3) is 33.3 Å². The lowest BCUT2D eigenvalue weighted by molar-refractivity contribution is -0.136. The van der Waals surface area contributed by atoms with Gasteiger partial charge in [0.15, 0.2) is 0 Å². The van der Waals surface area contributed by atoms with E-state index in [9.17, 15) is 4.79 Å². The van der Waals surface area contributed by atoms with Crippen LogP contribution < -0.4 is 5.32 Å². The first-order valence-corrected chi connectivity index (χ1v) is 11.6. The van der Waals surface area contributed by atoms with Gasteiger partial charge in [0, 0.05) is 28.7 Å². The van der Waals surface area contributed by atoms with Crippen molar-refractivity contribution in [3.63, 3.8) is 0 Å². The van der Waals surface area contributed by atoms with Gasteiger partial charge in [0.1, 0.15) is 11.2 Å². The Balaban J connectivity index is 1.50. The third kappa shape index (κ3) is 5.00. The molecule has 0 unspecified atom stereocenters. The molecule has 172 valence electrons. The quantitative estimate of drug-likeness (QED) is 0.267. The lowest BCUT2D eigenvalue weighted by atomic mass is 9.95. The molecule has 0 fully saturated rings. The zero-order valence-electron chi connectivity index (χ0n) is 18.8. The summed E-state index contributed by atoms with van der Waals surface area (Å²) < 4.78 is 0. The van der Waals surface area contributed by atoms with Crippen molar-refractivity contribution in [3.8, 4) is 22.4 Å². The van der Waals surface area contributed by atoms with E-state index in [4.69, 9.17) is 16.7 Å². The van der Waals surface area contributed by atoms with Crippen LogP contribution >= 0.6 is 11.6 Å². The van der Waals surface area contributed by atoms with Crippen LogP contribution in [-0.4, -0.2) is 21.3 Å². The minimum absolute atomic E-state index is 0.0252. The molecule has 6 heteroatoms. The number of fused-ring (bicyclic) bond motifs is 1. The second-order valence-corrected chi connectivity index (χ2v) is 8.65. The summed E-state index contributed by atoms with van der Waals surface area (Å²) in [5.74, 6) is -0.832. The van der Waals surface area contributed by atoms with Crippen LogP contribution in [0.1, 0.15) is 11.1 Å². The molecule has 0 spiro atoms. The second-order valence-electron chi connectivity index (χ2n) is 8.25. The standard InChI is InChI=1S/C29H22ClN3O2/c30-25-11-5-10-24-27(28(32-33-29(24)25)21-6-2-1-3-7-21)22-8-4-9-23(17-22)31-18-20-14-12-19(13-15-20)16-26(34)35/h1-15,17,31H,16,18H2,(H,34,35). The molecule has 0 aliphatic heterocycles. The maximum absolute atomic E-state index is 10.9. The monoisotopic (exact) mass is 479 g/mol. The zero-order chi connectivity index (χ0) is 24.2. The molecular weight excluding hydrogens is 458 g/mol. The summed E-state index contributed by atoms with van der Waals surface area (Å²) in [6, 6.07) is 31.6. The molecule has 35 heavy (non-hydrogen) atoms. The van der Waals surface area contributed by atoms with Crippen molar-refractivity contribution in [1.29, 1.82) is 0 Å². The van der Waals surface area contributed by atoms with E-state index in [1.807, 2.05) is 84.9 Å². The topological polar surface area (TPSA) is 75.1 Å². The van der Waals surface area contributed by atoms with E-state index in [0.29, 0.717) is 17.1 Å². The Kier molecular flexibility index (Phi) is 6.42. The molecule has 5 nitrogen and oxygen atoms in total. The van der Waals surface area contributed by atoms with E-state index in [1.165, 1.54) is 0 Å². The molecule has 5 aromatic rings. The SMILES string of the molecule is O=C(O)Cc1ccc(CNc2cccc(-c3c(-c4ccccc4)nnc4c(Cl)cccc34)c2)cc1. The van der Waals surface area contributed by atoms with Crippen LogP contribution in [0, 0.1) is 0 Å². The Morgan fingerprint density at radius 3 is 2.29 bits per heavy atom. The molecule has 0 amide bonds. The largest absolute Gasteiger partial charge is 0.481 e. The number of rotatable bonds is 7. The van der Waals surface area contributed by atoms with Crippen LogP contribution in [0.3, 0.4) is 0 Å².